The zero-order valence-corrected chi connectivity index (χ0v) is 8.54. The Balaban J connectivity index is 3.46. The van der Waals surface area contributed by atoms with Gasteiger partial charge in [0.2, 0.25) is 0 Å². The molecule has 0 saturated heterocycles. The Kier molecular flexibility index (Phi) is 2.39. The molecular formula is C6H5Br2FN2. The molecule has 0 aliphatic carbocycles. The molecule has 0 aliphatic heterocycles. The van der Waals surface area contributed by atoms with Gasteiger partial charge in [-0.05, 0) is 37.9 Å². The summed E-state index contributed by atoms with van der Waals surface area (Å²) in [5.74, 6) is -0.427. The third kappa shape index (κ3) is 1.49. The molecule has 0 radical (unpaired) electrons. The molecule has 2 nitrogen and oxygen atoms in total. The zero-order chi connectivity index (χ0) is 8.59. The summed E-state index contributed by atoms with van der Waals surface area (Å²) >= 11 is 6.03. The fourth-order valence-corrected chi connectivity index (χ4v) is 1.37. The number of rotatable bonds is 0. The van der Waals surface area contributed by atoms with Crippen molar-refractivity contribution >= 4 is 43.2 Å². The Labute approximate surface area is 80.0 Å². The SMILES string of the molecule is Nc1c(Br)cc(F)c(Br)c1N. The number of hydrogen-bond donors (Lipinski definition) is 2. The molecule has 0 heterocycles. The van der Waals surface area contributed by atoms with E-state index in [1.54, 1.807) is 0 Å². The normalized spacial score (nSPS) is 10.1. The first-order valence-corrected chi connectivity index (χ1v) is 4.31. The number of nitrogen functional groups attached to an aromatic ring is 2. The molecule has 0 aliphatic rings. The van der Waals surface area contributed by atoms with Crippen LogP contribution in [0.4, 0.5) is 15.8 Å². The van der Waals surface area contributed by atoms with E-state index in [4.69, 9.17) is 11.5 Å². The maximum Gasteiger partial charge on any atom is 0.140 e. The minimum atomic E-state index is -0.427. The Morgan fingerprint density at radius 3 is 2.27 bits per heavy atom. The van der Waals surface area contributed by atoms with E-state index < -0.39 is 5.82 Å². The number of nitrogens with two attached hydrogens (primary N) is 2. The predicted molar refractivity (Wildman–Crippen MR) is 50.6 cm³/mol. The lowest BCUT2D eigenvalue weighted by Crippen LogP contribution is -1.98. The van der Waals surface area contributed by atoms with E-state index in [1.165, 1.54) is 6.07 Å². The van der Waals surface area contributed by atoms with Crippen LogP contribution in [0.25, 0.3) is 0 Å². The van der Waals surface area contributed by atoms with Crippen LogP contribution in [-0.2, 0) is 0 Å². The highest BCUT2D eigenvalue weighted by Gasteiger charge is 2.09. The first-order chi connectivity index (χ1) is 5.04. The van der Waals surface area contributed by atoms with Crippen LogP contribution in [0, 0.1) is 5.82 Å². The quantitative estimate of drug-likeness (QED) is 0.568. The summed E-state index contributed by atoms with van der Waals surface area (Å²) in [4.78, 5) is 0. The summed E-state index contributed by atoms with van der Waals surface area (Å²) in [7, 11) is 0. The van der Waals surface area contributed by atoms with Crippen molar-refractivity contribution < 1.29 is 4.39 Å². The van der Waals surface area contributed by atoms with Crippen molar-refractivity contribution in [3.05, 3.63) is 20.8 Å². The highest BCUT2D eigenvalue weighted by molar-refractivity contribution is 9.11. The molecule has 0 fully saturated rings. The third-order valence-corrected chi connectivity index (χ3v) is 2.71. The molecule has 0 amide bonds. The zero-order valence-electron chi connectivity index (χ0n) is 5.37. The number of anilines is 2. The smallest absolute Gasteiger partial charge is 0.140 e. The summed E-state index contributed by atoms with van der Waals surface area (Å²) in [6, 6.07) is 1.26. The van der Waals surface area contributed by atoms with E-state index in [9.17, 15) is 4.39 Å². The van der Waals surface area contributed by atoms with Crippen molar-refractivity contribution in [2.45, 2.75) is 0 Å². The second-order valence-electron chi connectivity index (χ2n) is 1.98. The molecule has 0 bridgehead atoms. The minimum Gasteiger partial charge on any atom is -0.396 e. The Bertz CT molecular complexity index is 275. The van der Waals surface area contributed by atoms with E-state index in [1.807, 2.05) is 0 Å². The molecule has 0 saturated carbocycles. The van der Waals surface area contributed by atoms with E-state index in [0.29, 0.717) is 10.2 Å². The molecule has 0 spiro atoms. The van der Waals surface area contributed by atoms with E-state index in [2.05, 4.69) is 31.9 Å². The summed E-state index contributed by atoms with van der Waals surface area (Å²) in [6.45, 7) is 0. The average Bonchev–Trinajstić information content (AvgIpc) is 1.97. The number of hydrogen-bond acceptors (Lipinski definition) is 2. The van der Waals surface area contributed by atoms with Crippen LogP contribution in [0.5, 0.6) is 0 Å². The van der Waals surface area contributed by atoms with Gasteiger partial charge in [-0.1, -0.05) is 0 Å². The largest absolute Gasteiger partial charge is 0.396 e. The molecule has 4 N–H and O–H groups in total. The van der Waals surface area contributed by atoms with Gasteiger partial charge in [0.05, 0.1) is 15.8 Å². The van der Waals surface area contributed by atoms with Crippen molar-refractivity contribution in [2.75, 3.05) is 11.5 Å². The van der Waals surface area contributed by atoms with E-state index in [0.717, 1.165) is 0 Å². The molecule has 0 atom stereocenters. The maximum atomic E-state index is 12.8. The van der Waals surface area contributed by atoms with Crippen molar-refractivity contribution in [3.63, 3.8) is 0 Å². The monoisotopic (exact) mass is 282 g/mol. The van der Waals surface area contributed by atoms with Gasteiger partial charge in [-0.3, -0.25) is 0 Å². The fraction of sp³-hybridized carbons (Fsp3) is 0. The third-order valence-electron chi connectivity index (χ3n) is 1.25. The van der Waals surface area contributed by atoms with Crippen LogP contribution in [0.1, 0.15) is 0 Å². The first-order valence-electron chi connectivity index (χ1n) is 2.72. The van der Waals surface area contributed by atoms with Crippen molar-refractivity contribution in [1.29, 1.82) is 0 Å². The molecule has 1 rings (SSSR count). The predicted octanol–water partition coefficient (Wildman–Crippen LogP) is 2.52. The lowest BCUT2D eigenvalue weighted by Gasteiger charge is -2.05. The lowest BCUT2D eigenvalue weighted by molar-refractivity contribution is 0.621. The maximum absolute atomic E-state index is 12.8. The van der Waals surface area contributed by atoms with Crippen LogP contribution in [0.15, 0.2) is 15.0 Å². The first kappa shape index (κ1) is 8.80. The molecule has 1 aromatic rings. The molecule has 60 valence electrons. The second kappa shape index (κ2) is 2.98. The molecular weight excluding hydrogens is 279 g/mol. The van der Waals surface area contributed by atoms with Crippen molar-refractivity contribution in [1.82, 2.24) is 0 Å². The van der Waals surface area contributed by atoms with Crippen LogP contribution < -0.4 is 11.5 Å². The molecule has 11 heavy (non-hydrogen) atoms. The van der Waals surface area contributed by atoms with Crippen LogP contribution in [0.3, 0.4) is 0 Å². The van der Waals surface area contributed by atoms with Gasteiger partial charge in [-0.15, -0.1) is 0 Å². The Morgan fingerprint density at radius 1 is 1.18 bits per heavy atom. The van der Waals surface area contributed by atoms with Gasteiger partial charge in [0, 0.05) is 4.47 Å². The van der Waals surface area contributed by atoms with Gasteiger partial charge in [0.25, 0.3) is 0 Å². The van der Waals surface area contributed by atoms with E-state index >= 15 is 0 Å². The summed E-state index contributed by atoms with van der Waals surface area (Å²) in [5, 5.41) is 0. The molecule has 0 aromatic heterocycles. The average molecular weight is 284 g/mol. The van der Waals surface area contributed by atoms with Crippen molar-refractivity contribution in [2.24, 2.45) is 0 Å². The highest BCUT2D eigenvalue weighted by atomic mass is 79.9. The topological polar surface area (TPSA) is 52.0 Å². The summed E-state index contributed by atoms with van der Waals surface area (Å²) in [6.07, 6.45) is 0. The van der Waals surface area contributed by atoms with Crippen LogP contribution in [0.2, 0.25) is 0 Å². The molecule has 1 aromatic carbocycles. The molecule has 5 heteroatoms. The van der Waals surface area contributed by atoms with E-state index in [-0.39, 0.29) is 10.2 Å². The lowest BCUT2D eigenvalue weighted by atomic mass is 10.3. The Morgan fingerprint density at radius 2 is 1.73 bits per heavy atom. The second-order valence-corrected chi connectivity index (χ2v) is 3.63. The van der Waals surface area contributed by atoms with Gasteiger partial charge in [-0.2, -0.15) is 0 Å². The summed E-state index contributed by atoms with van der Waals surface area (Å²) < 4.78 is 13.5. The Hall–Kier alpha value is -0.290. The van der Waals surface area contributed by atoms with Gasteiger partial charge >= 0.3 is 0 Å². The standard InChI is InChI=1S/C6H5Br2FN2/c7-2-1-3(9)4(8)6(11)5(2)10/h1H,10-11H2. The highest BCUT2D eigenvalue weighted by Crippen LogP contribution is 2.34. The van der Waals surface area contributed by atoms with Crippen LogP contribution >= 0.6 is 31.9 Å². The summed E-state index contributed by atoms with van der Waals surface area (Å²) in [5.41, 5.74) is 11.5. The number of halogens is 3. The van der Waals surface area contributed by atoms with Crippen molar-refractivity contribution in [3.8, 4) is 0 Å². The van der Waals surface area contributed by atoms with Gasteiger partial charge in [0.1, 0.15) is 5.82 Å². The molecule has 0 unspecified atom stereocenters. The van der Waals surface area contributed by atoms with Gasteiger partial charge in [0.15, 0.2) is 0 Å². The minimum absolute atomic E-state index is 0.207. The fourth-order valence-electron chi connectivity index (χ4n) is 0.628. The van der Waals surface area contributed by atoms with Gasteiger partial charge < -0.3 is 11.5 Å². The number of benzene rings is 1. The van der Waals surface area contributed by atoms with Gasteiger partial charge in [-0.25, -0.2) is 4.39 Å². The van der Waals surface area contributed by atoms with Crippen LogP contribution in [-0.4, -0.2) is 0 Å².